The Bertz CT molecular complexity index is 1380. The summed E-state index contributed by atoms with van der Waals surface area (Å²) in [7, 11) is 0. The van der Waals surface area contributed by atoms with Crippen LogP contribution in [0, 0.1) is 5.92 Å². The SMILES string of the molecule is CC(C)[C@H](NC(=O)[C@H](Cc1ccc(O)cc1)NC(=O)CCCC[C@@H]1SC[C@@H]2NC(=O)N[C@@H]21)C(=O)N[C@@H](C)C(=O)N[C@@H](CC(=O)O)C(=O)CCl. The Balaban J connectivity index is 1.60. The number of carbonyl (C=O) groups is 7. The van der Waals surface area contributed by atoms with Gasteiger partial charge in [-0.25, -0.2) is 4.79 Å². The van der Waals surface area contributed by atoms with Crippen LogP contribution in [-0.4, -0.2) is 105 Å². The highest BCUT2D eigenvalue weighted by Crippen LogP contribution is 2.33. The maximum atomic E-state index is 13.6. The van der Waals surface area contributed by atoms with Crippen molar-refractivity contribution in [2.45, 2.75) is 101 Å². The number of halogens is 1. The summed E-state index contributed by atoms with van der Waals surface area (Å²) in [5.41, 5.74) is 0.650. The summed E-state index contributed by atoms with van der Waals surface area (Å²) >= 11 is 7.33. The lowest BCUT2D eigenvalue weighted by Gasteiger charge is -2.27. The molecule has 7 atom stereocenters. The number of hydrogen-bond acceptors (Lipinski definition) is 9. The number of aromatic hydroxyl groups is 1. The van der Waals surface area contributed by atoms with Crippen molar-refractivity contribution in [1.82, 2.24) is 31.9 Å². The number of hydrogen-bond donors (Lipinski definition) is 8. The number of thioether (sulfide) groups is 1. The molecule has 49 heavy (non-hydrogen) atoms. The fourth-order valence-electron chi connectivity index (χ4n) is 5.58. The fraction of sp³-hybridized carbons (Fsp3) is 0.594. The van der Waals surface area contributed by atoms with Gasteiger partial charge in [-0.05, 0) is 43.4 Å². The molecule has 2 heterocycles. The Morgan fingerprint density at radius 2 is 1.61 bits per heavy atom. The van der Waals surface area contributed by atoms with Crippen molar-refractivity contribution in [3.05, 3.63) is 29.8 Å². The van der Waals surface area contributed by atoms with Crippen LogP contribution in [0.1, 0.15) is 58.4 Å². The number of amides is 6. The fourth-order valence-corrected chi connectivity index (χ4v) is 7.31. The third-order valence-corrected chi connectivity index (χ3v) is 10.1. The van der Waals surface area contributed by atoms with Crippen molar-refractivity contribution in [1.29, 1.82) is 0 Å². The number of urea groups is 1. The Hall–Kier alpha value is -4.05. The Labute approximate surface area is 293 Å². The van der Waals surface area contributed by atoms with Crippen molar-refractivity contribution in [3.8, 4) is 5.75 Å². The molecular formula is C32H45ClN6O9S. The predicted molar refractivity (Wildman–Crippen MR) is 182 cm³/mol. The van der Waals surface area contributed by atoms with Crippen LogP contribution in [0.5, 0.6) is 5.75 Å². The number of nitrogens with one attached hydrogen (secondary N) is 6. The van der Waals surface area contributed by atoms with E-state index in [4.69, 9.17) is 16.7 Å². The third kappa shape index (κ3) is 12.1. The number of unbranched alkanes of at least 4 members (excludes halogenated alkanes) is 1. The molecule has 1 aromatic rings. The van der Waals surface area contributed by atoms with Crippen molar-refractivity contribution in [2.75, 3.05) is 11.6 Å². The zero-order chi connectivity index (χ0) is 36.2. The summed E-state index contributed by atoms with van der Waals surface area (Å²) < 4.78 is 0. The predicted octanol–water partition coefficient (Wildman–Crippen LogP) is 0.558. The van der Waals surface area contributed by atoms with Gasteiger partial charge in [0.2, 0.25) is 23.6 Å². The van der Waals surface area contributed by atoms with E-state index >= 15 is 0 Å². The highest BCUT2D eigenvalue weighted by molar-refractivity contribution is 8.00. The lowest BCUT2D eigenvalue weighted by atomic mass is 10.00. The highest BCUT2D eigenvalue weighted by atomic mass is 35.5. The molecule has 2 fully saturated rings. The molecule has 0 unspecified atom stereocenters. The molecule has 270 valence electrons. The van der Waals surface area contributed by atoms with E-state index in [0.29, 0.717) is 12.0 Å². The second-order valence-electron chi connectivity index (χ2n) is 12.6. The zero-order valence-corrected chi connectivity index (χ0v) is 29.2. The smallest absolute Gasteiger partial charge is 0.315 e. The van der Waals surface area contributed by atoms with Gasteiger partial charge in [-0.15, -0.1) is 11.6 Å². The summed E-state index contributed by atoms with van der Waals surface area (Å²) in [4.78, 5) is 87.4. The van der Waals surface area contributed by atoms with Crippen molar-refractivity contribution in [3.63, 3.8) is 0 Å². The van der Waals surface area contributed by atoms with E-state index in [1.165, 1.54) is 19.1 Å². The van der Waals surface area contributed by atoms with E-state index in [-0.39, 0.29) is 47.9 Å². The average Bonchev–Trinajstić information content (AvgIpc) is 3.60. The van der Waals surface area contributed by atoms with Gasteiger partial charge in [-0.2, -0.15) is 11.8 Å². The van der Waals surface area contributed by atoms with Crippen LogP contribution < -0.4 is 31.9 Å². The van der Waals surface area contributed by atoms with Gasteiger partial charge < -0.3 is 42.1 Å². The van der Waals surface area contributed by atoms with Crippen molar-refractivity contribution >= 4 is 64.8 Å². The van der Waals surface area contributed by atoms with E-state index < -0.39 is 71.9 Å². The van der Waals surface area contributed by atoms with E-state index in [9.17, 15) is 38.7 Å². The second-order valence-corrected chi connectivity index (χ2v) is 14.1. The van der Waals surface area contributed by atoms with Gasteiger partial charge in [0.1, 0.15) is 23.9 Å². The Kier molecular flexibility index (Phi) is 15.0. The summed E-state index contributed by atoms with van der Waals surface area (Å²) in [6.45, 7) is 4.71. The van der Waals surface area contributed by atoms with Gasteiger partial charge in [0.05, 0.1) is 30.4 Å². The van der Waals surface area contributed by atoms with Gasteiger partial charge in [0.15, 0.2) is 5.78 Å². The third-order valence-electron chi connectivity index (χ3n) is 8.32. The molecule has 2 saturated heterocycles. The molecular weight excluding hydrogens is 680 g/mol. The molecule has 3 rings (SSSR count). The molecule has 2 aliphatic heterocycles. The lowest BCUT2D eigenvalue weighted by Crippen LogP contribution is -2.58. The summed E-state index contributed by atoms with van der Waals surface area (Å²) in [6.07, 6.45) is 1.67. The molecule has 0 radical (unpaired) electrons. The van der Waals surface area contributed by atoms with E-state index in [1.54, 1.807) is 37.7 Å². The first kappa shape index (κ1) is 39.4. The largest absolute Gasteiger partial charge is 0.508 e. The van der Waals surface area contributed by atoms with Crippen LogP contribution in [0.2, 0.25) is 0 Å². The minimum Gasteiger partial charge on any atom is -0.508 e. The second kappa shape index (κ2) is 18.6. The van der Waals surface area contributed by atoms with Gasteiger partial charge in [0.25, 0.3) is 0 Å². The molecule has 0 bridgehead atoms. The number of carboxylic acids is 1. The average molecular weight is 725 g/mol. The number of fused-ring (bicyclic) bond motifs is 1. The van der Waals surface area contributed by atoms with Crippen molar-refractivity contribution in [2.24, 2.45) is 5.92 Å². The topological polar surface area (TPSA) is 232 Å². The monoisotopic (exact) mass is 724 g/mol. The Morgan fingerprint density at radius 3 is 2.24 bits per heavy atom. The molecule has 0 saturated carbocycles. The van der Waals surface area contributed by atoms with Crippen LogP contribution >= 0.6 is 23.4 Å². The summed E-state index contributed by atoms with van der Waals surface area (Å²) in [6, 6.07) is 1.39. The number of Topliss-reactive ketones (excluding diaryl/α,β-unsaturated/α-hetero) is 1. The number of rotatable bonds is 19. The van der Waals surface area contributed by atoms with Gasteiger partial charge >= 0.3 is 12.0 Å². The molecule has 2 aliphatic rings. The molecule has 1 aromatic carbocycles. The molecule has 17 heteroatoms. The van der Waals surface area contributed by atoms with Crippen LogP contribution in [-0.2, 0) is 35.2 Å². The lowest BCUT2D eigenvalue weighted by molar-refractivity contribution is -0.140. The first-order valence-corrected chi connectivity index (χ1v) is 17.7. The number of benzene rings is 1. The quantitative estimate of drug-likeness (QED) is 0.0561. The number of phenolic OH excluding ortho intramolecular Hbond substituents is 1. The number of carbonyl (C=O) groups excluding carboxylic acids is 6. The number of ketones is 1. The minimum absolute atomic E-state index is 0.0319. The van der Waals surface area contributed by atoms with Gasteiger partial charge in [-0.3, -0.25) is 28.8 Å². The van der Waals surface area contributed by atoms with Crippen molar-refractivity contribution < 1.29 is 43.8 Å². The van der Waals surface area contributed by atoms with E-state index in [1.807, 2.05) is 0 Å². The molecule has 8 N–H and O–H groups in total. The minimum atomic E-state index is -1.38. The normalized spacial score (nSPS) is 20.5. The Morgan fingerprint density at radius 1 is 0.918 bits per heavy atom. The molecule has 15 nitrogen and oxygen atoms in total. The van der Waals surface area contributed by atoms with Crippen LogP contribution in [0.15, 0.2) is 24.3 Å². The van der Waals surface area contributed by atoms with Gasteiger partial charge in [0, 0.05) is 23.8 Å². The summed E-state index contributed by atoms with van der Waals surface area (Å²) in [5.74, 6) is -4.64. The number of alkyl halides is 1. The first-order valence-electron chi connectivity index (χ1n) is 16.2. The zero-order valence-electron chi connectivity index (χ0n) is 27.6. The number of phenols is 1. The molecule has 0 aromatic heterocycles. The van der Waals surface area contributed by atoms with Crippen LogP contribution in [0.3, 0.4) is 0 Å². The van der Waals surface area contributed by atoms with Crippen LogP contribution in [0.25, 0.3) is 0 Å². The molecule has 6 amide bonds. The maximum Gasteiger partial charge on any atom is 0.315 e. The standard InChI is InChI=1S/C32H45ClN6O9S/c1-16(2)27(31(47)34-17(3)29(45)36-20(13-26(43)44)23(41)14-33)38-30(46)21(12-18-8-10-19(40)11-9-18)35-25(42)7-5-4-6-24-28-22(15-49-24)37-32(48)39-28/h8-11,16-17,20-22,24,27-28,40H,4-7,12-15H2,1-3H3,(H,34,47)(H,35,42)(H,36,45)(H,38,46)(H,43,44)(H2,37,39,48)/t17-,20-,21-,22-,24-,27-,28-/m0/s1. The van der Waals surface area contributed by atoms with E-state index in [0.717, 1.165) is 18.6 Å². The summed E-state index contributed by atoms with van der Waals surface area (Å²) in [5, 5.41) is 35.1. The maximum absolute atomic E-state index is 13.6. The van der Waals surface area contributed by atoms with Crippen LogP contribution in [0.4, 0.5) is 4.79 Å². The highest BCUT2D eigenvalue weighted by Gasteiger charge is 2.42. The molecule has 0 spiro atoms. The first-order chi connectivity index (χ1) is 23.2. The van der Waals surface area contributed by atoms with Gasteiger partial charge in [-0.1, -0.05) is 32.4 Å². The number of aliphatic carboxylic acids is 1. The number of carboxylic acid groups (broad SMARTS) is 1. The molecule has 0 aliphatic carbocycles. The van der Waals surface area contributed by atoms with E-state index in [2.05, 4.69) is 31.9 Å².